The number of nitrogens with zero attached hydrogens (tertiary/aromatic N) is 2. The van der Waals surface area contributed by atoms with Crippen molar-refractivity contribution >= 4 is 0 Å². The standard InChI is InChI=1S/C12H20N2O2/c1-2-14-5-3-10(4-6-14)7-12-13-8-11(9-15)16-12/h8,10,15H,2-7,9H2,1H3. The van der Waals surface area contributed by atoms with Crippen molar-refractivity contribution in [2.75, 3.05) is 19.6 Å². The molecule has 1 aliphatic heterocycles. The van der Waals surface area contributed by atoms with Crippen molar-refractivity contribution in [3.8, 4) is 0 Å². The van der Waals surface area contributed by atoms with Gasteiger partial charge in [-0.1, -0.05) is 6.92 Å². The summed E-state index contributed by atoms with van der Waals surface area (Å²) >= 11 is 0. The largest absolute Gasteiger partial charge is 0.443 e. The smallest absolute Gasteiger partial charge is 0.194 e. The Labute approximate surface area is 96.3 Å². The first kappa shape index (κ1) is 11.6. The summed E-state index contributed by atoms with van der Waals surface area (Å²) in [6.07, 6.45) is 4.99. The van der Waals surface area contributed by atoms with Crippen molar-refractivity contribution in [3.63, 3.8) is 0 Å². The zero-order chi connectivity index (χ0) is 11.4. The van der Waals surface area contributed by atoms with E-state index in [-0.39, 0.29) is 6.61 Å². The third-order valence-corrected chi connectivity index (χ3v) is 3.37. The van der Waals surface area contributed by atoms with Crippen molar-refractivity contribution in [1.29, 1.82) is 0 Å². The summed E-state index contributed by atoms with van der Waals surface area (Å²) in [6, 6.07) is 0. The zero-order valence-electron chi connectivity index (χ0n) is 9.85. The van der Waals surface area contributed by atoms with Crippen LogP contribution in [0.3, 0.4) is 0 Å². The third kappa shape index (κ3) is 2.83. The minimum Gasteiger partial charge on any atom is -0.443 e. The molecule has 1 aromatic rings. The Morgan fingerprint density at radius 3 is 2.81 bits per heavy atom. The van der Waals surface area contributed by atoms with E-state index in [1.165, 1.54) is 25.9 Å². The van der Waals surface area contributed by atoms with Crippen LogP contribution in [0.15, 0.2) is 10.6 Å². The van der Waals surface area contributed by atoms with Gasteiger partial charge in [-0.2, -0.15) is 0 Å². The van der Waals surface area contributed by atoms with E-state index in [4.69, 9.17) is 9.52 Å². The first-order valence-electron chi connectivity index (χ1n) is 6.08. The summed E-state index contributed by atoms with van der Waals surface area (Å²) in [4.78, 5) is 6.66. The minimum absolute atomic E-state index is 0.0543. The summed E-state index contributed by atoms with van der Waals surface area (Å²) in [6.45, 7) is 5.69. The highest BCUT2D eigenvalue weighted by atomic mass is 16.4. The van der Waals surface area contributed by atoms with Gasteiger partial charge in [-0.15, -0.1) is 0 Å². The Kier molecular flexibility index (Phi) is 3.96. The normalized spacial score (nSPS) is 19.1. The molecule has 0 bridgehead atoms. The molecule has 4 nitrogen and oxygen atoms in total. The first-order chi connectivity index (χ1) is 7.81. The van der Waals surface area contributed by atoms with E-state index in [1.54, 1.807) is 6.20 Å². The molecule has 1 aromatic heterocycles. The number of aromatic nitrogens is 1. The molecule has 0 atom stereocenters. The summed E-state index contributed by atoms with van der Waals surface area (Å²) in [5.74, 6) is 2.04. The van der Waals surface area contributed by atoms with Crippen molar-refractivity contribution in [1.82, 2.24) is 9.88 Å². The SMILES string of the molecule is CCN1CCC(Cc2ncc(CO)o2)CC1. The predicted molar refractivity (Wildman–Crippen MR) is 61.0 cm³/mol. The number of aliphatic hydroxyl groups is 1. The van der Waals surface area contributed by atoms with Gasteiger partial charge in [-0.3, -0.25) is 0 Å². The molecule has 0 radical (unpaired) electrons. The lowest BCUT2D eigenvalue weighted by Crippen LogP contribution is -2.34. The molecular formula is C12H20N2O2. The maximum atomic E-state index is 8.88. The van der Waals surface area contributed by atoms with Gasteiger partial charge in [-0.05, 0) is 38.4 Å². The molecule has 2 heterocycles. The summed E-state index contributed by atoms with van der Waals surface area (Å²) in [7, 11) is 0. The Hall–Kier alpha value is -0.870. The lowest BCUT2D eigenvalue weighted by Gasteiger charge is -2.30. The zero-order valence-corrected chi connectivity index (χ0v) is 9.85. The first-order valence-corrected chi connectivity index (χ1v) is 6.08. The van der Waals surface area contributed by atoms with Crippen LogP contribution in [0.5, 0.6) is 0 Å². The molecule has 0 aliphatic carbocycles. The highest BCUT2D eigenvalue weighted by Gasteiger charge is 2.20. The fraction of sp³-hybridized carbons (Fsp3) is 0.750. The van der Waals surface area contributed by atoms with Crippen LogP contribution in [0, 0.1) is 5.92 Å². The molecule has 1 saturated heterocycles. The number of hydrogen-bond donors (Lipinski definition) is 1. The highest BCUT2D eigenvalue weighted by Crippen LogP contribution is 2.21. The summed E-state index contributed by atoms with van der Waals surface area (Å²) in [5.41, 5.74) is 0. The monoisotopic (exact) mass is 224 g/mol. The van der Waals surface area contributed by atoms with E-state index in [0.29, 0.717) is 11.7 Å². The van der Waals surface area contributed by atoms with E-state index in [0.717, 1.165) is 18.9 Å². The fourth-order valence-electron chi connectivity index (χ4n) is 2.27. The molecule has 0 spiro atoms. The molecule has 90 valence electrons. The third-order valence-electron chi connectivity index (χ3n) is 3.37. The van der Waals surface area contributed by atoms with Crippen molar-refractivity contribution < 1.29 is 9.52 Å². The van der Waals surface area contributed by atoms with Gasteiger partial charge in [-0.25, -0.2) is 4.98 Å². The molecule has 0 aromatic carbocycles. The Morgan fingerprint density at radius 1 is 1.50 bits per heavy atom. The van der Waals surface area contributed by atoms with Crippen molar-refractivity contribution in [3.05, 3.63) is 17.8 Å². The number of oxazole rings is 1. The number of rotatable bonds is 4. The average Bonchev–Trinajstić information content (AvgIpc) is 2.78. The quantitative estimate of drug-likeness (QED) is 0.840. The number of hydrogen-bond acceptors (Lipinski definition) is 4. The Bertz CT molecular complexity index is 317. The number of piperidine rings is 1. The molecule has 4 heteroatoms. The predicted octanol–water partition coefficient (Wildman–Crippen LogP) is 1.44. The maximum Gasteiger partial charge on any atom is 0.194 e. The lowest BCUT2D eigenvalue weighted by molar-refractivity contribution is 0.184. The summed E-state index contributed by atoms with van der Waals surface area (Å²) < 4.78 is 5.41. The number of likely N-dealkylation sites (tertiary alicyclic amines) is 1. The second-order valence-electron chi connectivity index (χ2n) is 4.46. The second-order valence-corrected chi connectivity index (χ2v) is 4.46. The topological polar surface area (TPSA) is 49.5 Å². The van der Waals surface area contributed by atoms with E-state index >= 15 is 0 Å². The van der Waals surface area contributed by atoms with Crippen molar-refractivity contribution in [2.24, 2.45) is 5.92 Å². The molecular weight excluding hydrogens is 204 g/mol. The summed E-state index contributed by atoms with van der Waals surface area (Å²) in [5, 5.41) is 8.88. The van der Waals surface area contributed by atoms with Gasteiger partial charge < -0.3 is 14.4 Å². The van der Waals surface area contributed by atoms with Crippen LogP contribution in [-0.4, -0.2) is 34.6 Å². The fourth-order valence-corrected chi connectivity index (χ4v) is 2.27. The minimum atomic E-state index is -0.0543. The molecule has 2 rings (SSSR count). The molecule has 0 amide bonds. The van der Waals surface area contributed by atoms with E-state index in [2.05, 4.69) is 16.8 Å². The second kappa shape index (κ2) is 5.46. The lowest BCUT2D eigenvalue weighted by atomic mass is 9.93. The molecule has 0 unspecified atom stereocenters. The maximum absolute atomic E-state index is 8.88. The van der Waals surface area contributed by atoms with E-state index in [9.17, 15) is 0 Å². The molecule has 1 N–H and O–H groups in total. The average molecular weight is 224 g/mol. The van der Waals surface area contributed by atoms with Gasteiger partial charge in [0, 0.05) is 6.42 Å². The van der Waals surface area contributed by atoms with E-state index in [1.807, 2.05) is 0 Å². The van der Waals surface area contributed by atoms with Crippen molar-refractivity contribution in [2.45, 2.75) is 32.8 Å². The van der Waals surface area contributed by atoms with E-state index < -0.39 is 0 Å². The van der Waals surface area contributed by atoms with Crippen LogP contribution in [0.25, 0.3) is 0 Å². The van der Waals surface area contributed by atoms with Crippen LogP contribution in [0.2, 0.25) is 0 Å². The highest BCUT2D eigenvalue weighted by molar-refractivity contribution is 4.93. The van der Waals surface area contributed by atoms with Gasteiger partial charge >= 0.3 is 0 Å². The molecule has 0 saturated carbocycles. The van der Waals surface area contributed by atoms with Crippen LogP contribution in [0.1, 0.15) is 31.4 Å². The Balaban J connectivity index is 1.82. The molecule has 1 fully saturated rings. The Morgan fingerprint density at radius 2 is 2.25 bits per heavy atom. The molecule has 1 aliphatic rings. The number of aliphatic hydroxyl groups excluding tert-OH is 1. The van der Waals surface area contributed by atoms with Gasteiger partial charge in [0.25, 0.3) is 0 Å². The van der Waals surface area contributed by atoms with Crippen LogP contribution < -0.4 is 0 Å². The van der Waals surface area contributed by atoms with Gasteiger partial charge in [0.15, 0.2) is 5.89 Å². The van der Waals surface area contributed by atoms with Gasteiger partial charge in [0.05, 0.1) is 6.20 Å². The molecule has 16 heavy (non-hydrogen) atoms. The van der Waals surface area contributed by atoms with Crippen LogP contribution in [-0.2, 0) is 13.0 Å². The van der Waals surface area contributed by atoms with Crippen LogP contribution in [0.4, 0.5) is 0 Å². The van der Waals surface area contributed by atoms with Crippen LogP contribution >= 0.6 is 0 Å². The van der Waals surface area contributed by atoms with Gasteiger partial charge in [0.2, 0.25) is 0 Å². The van der Waals surface area contributed by atoms with Gasteiger partial charge in [0.1, 0.15) is 12.4 Å².